The number of amides is 1. The number of nitrogens with zero attached hydrogens (tertiary/aromatic N) is 3. The second kappa shape index (κ2) is 8.14. The van der Waals surface area contributed by atoms with Gasteiger partial charge in [0.05, 0.1) is 13.2 Å². The fraction of sp³-hybridized carbons (Fsp3) is 0.526. The van der Waals surface area contributed by atoms with Crippen molar-refractivity contribution >= 4 is 23.1 Å². The van der Waals surface area contributed by atoms with Crippen LogP contribution in [0.4, 0.5) is 5.82 Å². The van der Waals surface area contributed by atoms with Gasteiger partial charge in [-0.05, 0) is 25.0 Å². The molecule has 6 nitrogen and oxygen atoms in total. The Bertz CT molecular complexity index is 734. The third kappa shape index (κ3) is 4.04. The van der Waals surface area contributed by atoms with E-state index in [1.807, 2.05) is 23.7 Å². The van der Waals surface area contributed by atoms with Crippen LogP contribution in [0.3, 0.4) is 0 Å². The molecule has 1 saturated carbocycles. The molecule has 26 heavy (non-hydrogen) atoms. The Balaban J connectivity index is 1.41. The number of carbonyl (C=O) groups excluding carboxylic acids is 1. The van der Waals surface area contributed by atoms with Gasteiger partial charge in [0.25, 0.3) is 5.91 Å². The number of anilines is 1. The fourth-order valence-electron chi connectivity index (χ4n) is 3.51. The van der Waals surface area contributed by atoms with E-state index < -0.39 is 0 Å². The monoisotopic (exact) mass is 372 g/mol. The average molecular weight is 372 g/mol. The second-order valence-electron chi connectivity index (χ2n) is 6.85. The lowest BCUT2D eigenvalue weighted by Gasteiger charge is -2.27. The standard InChI is InChI=1S/C19H24N4O2S/c24-18(21-15-4-2-1-3-5-15)16-13-26-19(22-16)14-6-7-17(20-12-14)23-8-10-25-11-9-23/h6-7,12-13,15H,1-5,8-11H2,(H,21,24). The SMILES string of the molecule is O=C(NC1CCCCC1)c1csc(-c2ccc(N3CCOCC3)nc2)n1. The Morgan fingerprint density at radius 3 is 2.73 bits per heavy atom. The summed E-state index contributed by atoms with van der Waals surface area (Å²) in [5.41, 5.74) is 1.46. The minimum absolute atomic E-state index is 0.0581. The molecule has 1 saturated heterocycles. The van der Waals surface area contributed by atoms with Gasteiger partial charge >= 0.3 is 0 Å². The maximum Gasteiger partial charge on any atom is 0.270 e. The number of hydrogen-bond donors (Lipinski definition) is 1. The molecular formula is C19H24N4O2S. The molecule has 1 amide bonds. The summed E-state index contributed by atoms with van der Waals surface area (Å²) in [5.74, 6) is 0.904. The molecule has 0 bridgehead atoms. The molecule has 1 aliphatic carbocycles. The lowest BCUT2D eigenvalue weighted by Crippen LogP contribution is -2.36. The fourth-order valence-corrected chi connectivity index (χ4v) is 4.30. The Hall–Kier alpha value is -1.99. The van der Waals surface area contributed by atoms with Gasteiger partial charge in [-0.25, -0.2) is 9.97 Å². The molecule has 2 fully saturated rings. The van der Waals surface area contributed by atoms with E-state index in [4.69, 9.17) is 4.74 Å². The van der Waals surface area contributed by atoms with Gasteiger partial charge in [-0.15, -0.1) is 11.3 Å². The highest BCUT2D eigenvalue weighted by Gasteiger charge is 2.19. The first kappa shape index (κ1) is 17.4. The van der Waals surface area contributed by atoms with Crippen LogP contribution >= 0.6 is 11.3 Å². The van der Waals surface area contributed by atoms with E-state index in [2.05, 4.69) is 20.2 Å². The first-order chi connectivity index (χ1) is 12.8. The molecule has 7 heteroatoms. The van der Waals surface area contributed by atoms with Crippen LogP contribution in [0.25, 0.3) is 10.6 Å². The number of aromatic nitrogens is 2. The van der Waals surface area contributed by atoms with Crippen molar-refractivity contribution in [2.75, 3.05) is 31.2 Å². The molecular weight excluding hydrogens is 348 g/mol. The average Bonchev–Trinajstić information content (AvgIpc) is 3.20. The zero-order valence-corrected chi connectivity index (χ0v) is 15.6. The summed E-state index contributed by atoms with van der Waals surface area (Å²) in [6, 6.07) is 4.35. The number of hydrogen-bond acceptors (Lipinski definition) is 6. The van der Waals surface area contributed by atoms with Crippen molar-refractivity contribution in [1.29, 1.82) is 0 Å². The van der Waals surface area contributed by atoms with Crippen LogP contribution in [-0.2, 0) is 4.74 Å². The van der Waals surface area contributed by atoms with Crippen LogP contribution < -0.4 is 10.2 Å². The number of carbonyl (C=O) groups is 1. The minimum atomic E-state index is -0.0581. The summed E-state index contributed by atoms with van der Waals surface area (Å²) in [4.78, 5) is 23.7. The van der Waals surface area contributed by atoms with Gasteiger partial charge < -0.3 is 15.0 Å². The zero-order chi connectivity index (χ0) is 17.8. The van der Waals surface area contributed by atoms with Gasteiger partial charge in [0.1, 0.15) is 16.5 Å². The van der Waals surface area contributed by atoms with Crippen molar-refractivity contribution in [2.24, 2.45) is 0 Å². The van der Waals surface area contributed by atoms with Gasteiger partial charge in [-0.3, -0.25) is 4.79 Å². The zero-order valence-electron chi connectivity index (χ0n) is 14.8. The summed E-state index contributed by atoms with van der Waals surface area (Å²) in [6.45, 7) is 3.23. The van der Waals surface area contributed by atoms with E-state index in [0.717, 1.165) is 55.5 Å². The van der Waals surface area contributed by atoms with E-state index in [1.54, 1.807) is 0 Å². The molecule has 2 aromatic rings. The highest BCUT2D eigenvalue weighted by Crippen LogP contribution is 2.25. The maximum atomic E-state index is 12.4. The van der Waals surface area contributed by atoms with Gasteiger partial charge in [-0.1, -0.05) is 19.3 Å². The third-order valence-electron chi connectivity index (χ3n) is 5.01. The van der Waals surface area contributed by atoms with Crippen molar-refractivity contribution in [3.05, 3.63) is 29.4 Å². The molecule has 1 aliphatic heterocycles. The van der Waals surface area contributed by atoms with Crippen LogP contribution in [-0.4, -0.2) is 48.2 Å². The predicted octanol–water partition coefficient (Wildman–Crippen LogP) is 3.10. The summed E-state index contributed by atoms with van der Waals surface area (Å²) in [6.07, 6.45) is 7.68. The molecule has 3 heterocycles. The minimum Gasteiger partial charge on any atom is -0.378 e. The van der Waals surface area contributed by atoms with Crippen LogP contribution in [0.15, 0.2) is 23.7 Å². The van der Waals surface area contributed by atoms with Gasteiger partial charge in [0.2, 0.25) is 0 Å². The number of morpholine rings is 1. The summed E-state index contributed by atoms with van der Waals surface area (Å²) < 4.78 is 5.38. The maximum absolute atomic E-state index is 12.4. The van der Waals surface area contributed by atoms with Gasteiger partial charge in [0, 0.05) is 36.3 Å². The lowest BCUT2D eigenvalue weighted by atomic mass is 9.95. The highest BCUT2D eigenvalue weighted by atomic mass is 32.1. The molecule has 2 aliphatic rings. The molecule has 2 aromatic heterocycles. The number of nitrogens with one attached hydrogen (secondary N) is 1. The normalized spacial score (nSPS) is 18.7. The third-order valence-corrected chi connectivity index (χ3v) is 5.90. The number of pyridine rings is 1. The Kier molecular flexibility index (Phi) is 5.45. The largest absolute Gasteiger partial charge is 0.378 e. The summed E-state index contributed by atoms with van der Waals surface area (Å²) in [7, 11) is 0. The van der Waals surface area contributed by atoms with E-state index in [0.29, 0.717) is 11.7 Å². The second-order valence-corrected chi connectivity index (χ2v) is 7.71. The number of rotatable bonds is 4. The molecule has 0 atom stereocenters. The molecule has 0 spiro atoms. The van der Waals surface area contributed by atoms with E-state index >= 15 is 0 Å². The molecule has 138 valence electrons. The molecule has 0 unspecified atom stereocenters. The van der Waals surface area contributed by atoms with Crippen molar-refractivity contribution in [2.45, 2.75) is 38.1 Å². The quantitative estimate of drug-likeness (QED) is 0.893. The molecule has 1 N–H and O–H groups in total. The highest BCUT2D eigenvalue weighted by molar-refractivity contribution is 7.13. The van der Waals surface area contributed by atoms with Gasteiger partial charge in [0.15, 0.2) is 0 Å². The first-order valence-corrected chi connectivity index (χ1v) is 10.2. The van der Waals surface area contributed by atoms with E-state index in [-0.39, 0.29) is 5.91 Å². The first-order valence-electron chi connectivity index (χ1n) is 9.35. The number of thiazole rings is 1. The molecule has 0 radical (unpaired) electrons. The van der Waals surface area contributed by atoms with Crippen LogP contribution in [0.2, 0.25) is 0 Å². The lowest BCUT2D eigenvalue weighted by molar-refractivity contribution is 0.0923. The Morgan fingerprint density at radius 2 is 2.00 bits per heavy atom. The van der Waals surface area contributed by atoms with E-state index in [1.165, 1.54) is 30.6 Å². The van der Waals surface area contributed by atoms with Crippen LogP contribution in [0.1, 0.15) is 42.6 Å². The van der Waals surface area contributed by atoms with E-state index in [9.17, 15) is 4.79 Å². The van der Waals surface area contributed by atoms with Crippen molar-refractivity contribution in [1.82, 2.24) is 15.3 Å². The molecule has 0 aromatic carbocycles. The number of ether oxygens (including phenoxy) is 1. The Morgan fingerprint density at radius 1 is 1.19 bits per heavy atom. The van der Waals surface area contributed by atoms with Crippen LogP contribution in [0.5, 0.6) is 0 Å². The summed E-state index contributed by atoms with van der Waals surface area (Å²) in [5, 5.41) is 5.79. The van der Waals surface area contributed by atoms with Crippen molar-refractivity contribution in [3.8, 4) is 10.6 Å². The van der Waals surface area contributed by atoms with Gasteiger partial charge in [-0.2, -0.15) is 0 Å². The van der Waals surface area contributed by atoms with Crippen molar-refractivity contribution in [3.63, 3.8) is 0 Å². The van der Waals surface area contributed by atoms with Crippen molar-refractivity contribution < 1.29 is 9.53 Å². The molecule has 4 rings (SSSR count). The van der Waals surface area contributed by atoms with Crippen LogP contribution in [0, 0.1) is 0 Å². The Labute approximate surface area is 157 Å². The predicted molar refractivity (Wildman–Crippen MR) is 103 cm³/mol. The topological polar surface area (TPSA) is 67.4 Å². The smallest absolute Gasteiger partial charge is 0.270 e. The summed E-state index contributed by atoms with van der Waals surface area (Å²) >= 11 is 1.49.